The van der Waals surface area contributed by atoms with Crippen LogP contribution in [0, 0.1) is 0 Å². The van der Waals surface area contributed by atoms with Crippen LogP contribution in [-0.4, -0.2) is 28.1 Å². The van der Waals surface area contributed by atoms with Gasteiger partial charge in [-0.1, -0.05) is 36.4 Å². The summed E-state index contributed by atoms with van der Waals surface area (Å²) >= 11 is 0. The number of aromatic carboxylic acids is 2. The predicted octanol–water partition coefficient (Wildman–Crippen LogP) is 3.58. The summed E-state index contributed by atoms with van der Waals surface area (Å²) in [5.74, 6) is -2.99. The molecule has 0 atom stereocenters. The smallest absolute Gasteiger partial charge is 0.337 e. The lowest BCUT2D eigenvalue weighted by molar-refractivity contribution is 0.0686. The van der Waals surface area contributed by atoms with E-state index in [-0.39, 0.29) is 28.1 Å². The van der Waals surface area contributed by atoms with Crippen LogP contribution in [0.2, 0.25) is 0 Å². The first-order valence-electron chi connectivity index (χ1n) is 8.24. The minimum Gasteiger partial charge on any atom is -0.478 e. The number of nitrogen functional groups attached to an aromatic ring is 1. The first kappa shape index (κ1) is 18.7. The number of amides is 1. The molecule has 0 fully saturated rings. The highest BCUT2D eigenvalue weighted by Gasteiger charge is 2.17. The number of hydrogen-bond donors (Lipinski definition) is 4. The van der Waals surface area contributed by atoms with Crippen LogP contribution in [-0.2, 0) is 0 Å². The van der Waals surface area contributed by atoms with Crippen LogP contribution in [0.1, 0.15) is 31.1 Å². The Hall–Kier alpha value is -4.13. The molecule has 3 rings (SSSR count). The highest BCUT2D eigenvalue weighted by atomic mass is 16.4. The fourth-order valence-corrected chi connectivity index (χ4v) is 2.74. The van der Waals surface area contributed by atoms with Crippen LogP contribution >= 0.6 is 0 Å². The average Bonchev–Trinajstić information content (AvgIpc) is 2.68. The highest BCUT2D eigenvalue weighted by molar-refractivity contribution is 6.11. The Bertz CT molecular complexity index is 1080. The van der Waals surface area contributed by atoms with Gasteiger partial charge in [-0.05, 0) is 41.5 Å². The van der Waals surface area contributed by atoms with E-state index in [1.807, 2.05) is 30.3 Å². The lowest BCUT2D eigenvalue weighted by atomic mass is 10.0. The maximum Gasteiger partial charge on any atom is 0.337 e. The van der Waals surface area contributed by atoms with Crippen molar-refractivity contribution in [3.63, 3.8) is 0 Å². The van der Waals surface area contributed by atoms with Crippen LogP contribution in [0.4, 0.5) is 11.4 Å². The van der Waals surface area contributed by atoms with Gasteiger partial charge in [0.2, 0.25) is 0 Å². The van der Waals surface area contributed by atoms with Crippen molar-refractivity contribution in [2.45, 2.75) is 0 Å². The molecule has 0 heterocycles. The summed E-state index contributed by atoms with van der Waals surface area (Å²) in [4.78, 5) is 35.1. The zero-order valence-corrected chi connectivity index (χ0v) is 14.5. The minimum absolute atomic E-state index is 0.0199. The Morgan fingerprint density at radius 2 is 1.43 bits per heavy atom. The van der Waals surface area contributed by atoms with Gasteiger partial charge in [0.05, 0.1) is 22.4 Å². The fraction of sp³-hybridized carbons (Fsp3) is 0. The zero-order chi connectivity index (χ0) is 20.3. The molecule has 0 aromatic heterocycles. The maximum atomic E-state index is 12.6. The van der Waals surface area contributed by atoms with E-state index in [1.54, 1.807) is 12.1 Å². The first-order chi connectivity index (χ1) is 13.4. The molecule has 7 nitrogen and oxygen atoms in total. The second-order valence-electron chi connectivity index (χ2n) is 5.99. The van der Waals surface area contributed by atoms with Crippen molar-refractivity contribution < 1.29 is 24.6 Å². The van der Waals surface area contributed by atoms with Gasteiger partial charge in [0.25, 0.3) is 5.91 Å². The third kappa shape index (κ3) is 3.83. The summed E-state index contributed by atoms with van der Waals surface area (Å²) < 4.78 is 0. The first-order valence-corrected chi connectivity index (χ1v) is 8.24. The van der Waals surface area contributed by atoms with Gasteiger partial charge in [-0.2, -0.15) is 0 Å². The molecule has 0 spiro atoms. The number of hydrogen-bond acceptors (Lipinski definition) is 4. The molecule has 7 heteroatoms. The van der Waals surface area contributed by atoms with Crippen molar-refractivity contribution >= 4 is 29.2 Å². The molecule has 3 aromatic rings. The molecule has 0 aliphatic heterocycles. The quantitative estimate of drug-likeness (QED) is 0.504. The van der Waals surface area contributed by atoms with E-state index in [0.29, 0.717) is 0 Å². The number of benzene rings is 3. The van der Waals surface area contributed by atoms with Crippen molar-refractivity contribution in [2.75, 3.05) is 11.1 Å². The summed E-state index contributed by atoms with van der Waals surface area (Å²) in [6.07, 6.45) is 0. The lowest BCUT2D eigenvalue weighted by Crippen LogP contribution is -2.17. The van der Waals surface area contributed by atoms with Crippen molar-refractivity contribution in [3.8, 4) is 11.1 Å². The number of carboxylic acid groups (broad SMARTS) is 2. The molecule has 0 saturated carbocycles. The number of rotatable bonds is 5. The second-order valence-corrected chi connectivity index (χ2v) is 5.99. The highest BCUT2D eigenvalue weighted by Crippen LogP contribution is 2.27. The Kier molecular flexibility index (Phi) is 5.08. The summed E-state index contributed by atoms with van der Waals surface area (Å²) in [6.45, 7) is 0. The molecule has 28 heavy (non-hydrogen) atoms. The largest absolute Gasteiger partial charge is 0.478 e. The van der Waals surface area contributed by atoms with Crippen molar-refractivity contribution in [1.29, 1.82) is 0 Å². The van der Waals surface area contributed by atoms with Crippen LogP contribution in [0.3, 0.4) is 0 Å². The molecule has 0 bridgehead atoms. The fourth-order valence-electron chi connectivity index (χ4n) is 2.74. The van der Waals surface area contributed by atoms with Gasteiger partial charge < -0.3 is 21.3 Å². The van der Waals surface area contributed by atoms with E-state index in [0.717, 1.165) is 11.1 Å². The van der Waals surface area contributed by atoms with Crippen LogP contribution < -0.4 is 11.1 Å². The van der Waals surface area contributed by atoms with Crippen molar-refractivity contribution in [2.24, 2.45) is 0 Å². The molecule has 0 aliphatic rings. The average molecular weight is 376 g/mol. The number of nitrogens with one attached hydrogen (secondary N) is 1. The third-order valence-electron chi connectivity index (χ3n) is 4.15. The summed E-state index contributed by atoms with van der Waals surface area (Å²) in [5, 5.41) is 21.0. The van der Waals surface area contributed by atoms with E-state index >= 15 is 0 Å². The molecule has 0 saturated heterocycles. The van der Waals surface area contributed by atoms with E-state index in [2.05, 4.69) is 5.32 Å². The van der Waals surface area contributed by atoms with Crippen molar-refractivity contribution in [3.05, 3.63) is 83.4 Å². The molecule has 5 N–H and O–H groups in total. The Labute approximate surface area is 160 Å². The van der Waals surface area contributed by atoms with Gasteiger partial charge in [0.1, 0.15) is 0 Å². The topological polar surface area (TPSA) is 130 Å². The van der Waals surface area contributed by atoms with Gasteiger partial charge in [-0.25, -0.2) is 9.59 Å². The number of carbonyl (C=O) groups is 3. The van der Waals surface area contributed by atoms with Gasteiger partial charge in [0.15, 0.2) is 0 Å². The Balaban J connectivity index is 1.97. The van der Waals surface area contributed by atoms with Crippen LogP contribution in [0.25, 0.3) is 11.1 Å². The predicted molar refractivity (Wildman–Crippen MR) is 105 cm³/mol. The van der Waals surface area contributed by atoms with Crippen LogP contribution in [0.5, 0.6) is 0 Å². The molecule has 140 valence electrons. The molecule has 0 radical (unpaired) electrons. The molecular weight excluding hydrogens is 360 g/mol. The van der Waals surface area contributed by atoms with E-state index in [1.165, 1.54) is 24.3 Å². The third-order valence-corrected chi connectivity index (χ3v) is 4.15. The monoisotopic (exact) mass is 376 g/mol. The molecule has 0 aliphatic carbocycles. The summed E-state index contributed by atoms with van der Waals surface area (Å²) in [7, 11) is 0. The maximum absolute atomic E-state index is 12.6. The van der Waals surface area contributed by atoms with Gasteiger partial charge in [-0.15, -0.1) is 0 Å². The number of anilines is 2. The van der Waals surface area contributed by atoms with E-state index < -0.39 is 17.8 Å². The minimum atomic E-state index is -1.19. The zero-order valence-electron chi connectivity index (χ0n) is 14.5. The van der Waals surface area contributed by atoms with E-state index in [4.69, 9.17) is 10.8 Å². The van der Waals surface area contributed by atoms with Crippen LogP contribution in [0.15, 0.2) is 66.7 Å². The normalized spacial score (nSPS) is 10.3. The molecule has 0 unspecified atom stereocenters. The number of nitrogens with two attached hydrogens (primary N) is 1. The summed E-state index contributed by atoms with van der Waals surface area (Å²) in [6, 6.07) is 17.7. The standard InChI is InChI=1S/C21H16N2O5/c22-17-10-14(20(25)26)7-8-15(17)19(24)23-18-11-13(6-9-16(18)21(27)28)12-4-2-1-3-5-12/h1-11H,22H2,(H,23,24)(H,25,26)(H,27,28). The molecular formula is C21H16N2O5. The number of carboxylic acids is 2. The van der Waals surface area contributed by atoms with Gasteiger partial charge >= 0.3 is 11.9 Å². The lowest BCUT2D eigenvalue weighted by Gasteiger charge is -2.12. The van der Waals surface area contributed by atoms with Gasteiger partial charge in [0, 0.05) is 5.69 Å². The second kappa shape index (κ2) is 7.63. The SMILES string of the molecule is Nc1cc(C(=O)O)ccc1C(=O)Nc1cc(-c2ccccc2)ccc1C(=O)O. The number of carbonyl (C=O) groups excluding carboxylic acids is 1. The molecule has 3 aromatic carbocycles. The van der Waals surface area contributed by atoms with Crippen molar-refractivity contribution in [1.82, 2.24) is 0 Å². The van der Waals surface area contributed by atoms with Gasteiger partial charge in [-0.3, -0.25) is 4.79 Å². The van der Waals surface area contributed by atoms with E-state index in [9.17, 15) is 19.5 Å². The Morgan fingerprint density at radius 3 is 2.04 bits per heavy atom. The Morgan fingerprint density at radius 1 is 0.750 bits per heavy atom. The summed E-state index contributed by atoms with van der Waals surface area (Å²) in [5.41, 5.74) is 7.40. The molecule has 1 amide bonds.